The van der Waals surface area contributed by atoms with E-state index in [-0.39, 0.29) is 18.0 Å². The van der Waals surface area contributed by atoms with Gasteiger partial charge < -0.3 is 15.0 Å². The first kappa shape index (κ1) is 15.6. The van der Waals surface area contributed by atoms with Gasteiger partial charge in [0.25, 0.3) is 0 Å². The van der Waals surface area contributed by atoms with E-state index < -0.39 is 5.60 Å². The fourth-order valence-electron chi connectivity index (χ4n) is 2.39. The zero-order valence-electron chi connectivity index (χ0n) is 12.9. The zero-order chi connectivity index (χ0) is 15.5. The van der Waals surface area contributed by atoms with Crippen molar-refractivity contribution in [3.8, 4) is 0 Å². The van der Waals surface area contributed by atoms with E-state index in [0.29, 0.717) is 18.8 Å². The normalized spacial score (nSPS) is 19.2. The third kappa shape index (κ3) is 4.62. The number of benzene rings is 1. The number of ether oxygens (including phenoxy) is 1. The number of hydrogen-bond donors (Lipinski definition) is 1. The van der Waals surface area contributed by atoms with E-state index in [9.17, 15) is 9.18 Å². The summed E-state index contributed by atoms with van der Waals surface area (Å²) in [5, 5.41) is 3.17. The number of carbonyl (C=O) groups excluding carboxylic acids is 1. The average molecular weight is 294 g/mol. The standard InChI is InChI=1S/C16H23FN2O2/c1-16(2,3)21-15(20)19-10-6-7-12(11-19)18-14-9-5-4-8-13(14)17/h4-5,8-9,12,18H,6-7,10-11H2,1-3H3/t12-/m0/s1. The summed E-state index contributed by atoms with van der Waals surface area (Å²) in [6, 6.07) is 6.63. The molecule has 1 aromatic rings. The number of nitrogens with zero attached hydrogens (tertiary/aromatic N) is 1. The third-order valence-corrected chi connectivity index (χ3v) is 3.31. The molecule has 0 unspecified atom stereocenters. The number of carbonyl (C=O) groups is 1. The van der Waals surface area contributed by atoms with Gasteiger partial charge in [-0.25, -0.2) is 9.18 Å². The van der Waals surface area contributed by atoms with Crippen LogP contribution >= 0.6 is 0 Å². The van der Waals surface area contributed by atoms with Crippen LogP contribution in [0.15, 0.2) is 24.3 Å². The molecule has 116 valence electrons. The number of piperidine rings is 1. The molecule has 4 nitrogen and oxygen atoms in total. The van der Waals surface area contributed by atoms with Crippen LogP contribution in [-0.4, -0.2) is 35.7 Å². The van der Waals surface area contributed by atoms with Crippen LogP contribution in [0.3, 0.4) is 0 Å². The maximum Gasteiger partial charge on any atom is 0.410 e. The quantitative estimate of drug-likeness (QED) is 0.905. The first-order valence-electron chi connectivity index (χ1n) is 7.34. The summed E-state index contributed by atoms with van der Waals surface area (Å²) in [5.74, 6) is -0.271. The highest BCUT2D eigenvalue weighted by Crippen LogP contribution is 2.20. The number of anilines is 1. The molecule has 1 aromatic carbocycles. The Morgan fingerprint density at radius 3 is 2.76 bits per heavy atom. The summed E-state index contributed by atoms with van der Waals surface area (Å²) in [6.45, 7) is 6.77. The van der Waals surface area contributed by atoms with Crippen molar-refractivity contribution in [1.29, 1.82) is 0 Å². The summed E-state index contributed by atoms with van der Waals surface area (Å²) in [4.78, 5) is 13.8. The van der Waals surface area contributed by atoms with Gasteiger partial charge in [-0.2, -0.15) is 0 Å². The molecule has 2 rings (SSSR count). The first-order chi connectivity index (χ1) is 9.85. The van der Waals surface area contributed by atoms with Crippen LogP contribution < -0.4 is 5.32 Å². The highest BCUT2D eigenvalue weighted by Gasteiger charge is 2.27. The molecule has 21 heavy (non-hydrogen) atoms. The molecular formula is C16H23FN2O2. The summed E-state index contributed by atoms with van der Waals surface area (Å²) in [7, 11) is 0. The van der Waals surface area contributed by atoms with Crippen molar-refractivity contribution in [2.75, 3.05) is 18.4 Å². The fraction of sp³-hybridized carbons (Fsp3) is 0.562. The van der Waals surface area contributed by atoms with E-state index in [2.05, 4.69) is 5.32 Å². The molecule has 0 aromatic heterocycles. The second kappa shape index (κ2) is 6.33. The van der Waals surface area contributed by atoms with Crippen LogP contribution in [0.4, 0.5) is 14.9 Å². The average Bonchev–Trinajstić information content (AvgIpc) is 2.40. The minimum absolute atomic E-state index is 0.0446. The molecule has 0 spiro atoms. The number of nitrogens with one attached hydrogen (secondary N) is 1. The van der Waals surface area contributed by atoms with E-state index in [1.807, 2.05) is 20.8 Å². The molecular weight excluding hydrogens is 271 g/mol. The summed E-state index contributed by atoms with van der Waals surface area (Å²) in [5.41, 5.74) is -0.0169. The number of rotatable bonds is 2. The highest BCUT2D eigenvalue weighted by atomic mass is 19.1. The van der Waals surface area contributed by atoms with Gasteiger partial charge in [0.05, 0.1) is 5.69 Å². The van der Waals surface area contributed by atoms with Gasteiger partial charge in [-0.15, -0.1) is 0 Å². The zero-order valence-corrected chi connectivity index (χ0v) is 12.9. The SMILES string of the molecule is CC(C)(C)OC(=O)N1CCC[C@H](Nc2ccccc2F)C1. The Morgan fingerprint density at radius 2 is 2.10 bits per heavy atom. The van der Waals surface area contributed by atoms with Crippen molar-refractivity contribution in [2.24, 2.45) is 0 Å². The number of likely N-dealkylation sites (tertiary alicyclic amines) is 1. The highest BCUT2D eigenvalue weighted by molar-refractivity contribution is 5.68. The molecule has 1 saturated heterocycles. The molecule has 1 aliphatic heterocycles. The molecule has 0 aliphatic carbocycles. The summed E-state index contributed by atoms with van der Waals surface area (Å²) in [6.07, 6.45) is 1.49. The summed E-state index contributed by atoms with van der Waals surface area (Å²) < 4.78 is 19.0. The van der Waals surface area contributed by atoms with Gasteiger partial charge in [0.15, 0.2) is 0 Å². The maximum atomic E-state index is 13.7. The molecule has 0 bridgehead atoms. The monoisotopic (exact) mass is 294 g/mol. The lowest BCUT2D eigenvalue weighted by Gasteiger charge is -2.34. The lowest BCUT2D eigenvalue weighted by Crippen LogP contribution is -2.47. The van der Waals surface area contributed by atoms with Gasteiger partial charge in [0.1, 0.15) is 11.4 Å². The third-order valence-electron chi connectivity index (χ3n) is 3.31. The molecule has 5 heteroatoms. The van der Waals surface area contributed by atoms with Gasteiger partial charge in [0.2, 0.25) is 0 Å². The predicted molar refractivity (Wildman–Crippen MR) is 80.9 cm³/mol. The number of hydrogen-bond acceptors (Lipinski definition) is 3. The van der Waals surface area contributed by atoms with Gasteiger partial charge in [0, 0.05) is 19.1 Å². The summed E-state index contributed by atoms with van der Waals surface area (Å²) >= 11 is 0. The minimum Gasteiger partial charge on any atom is -0.444 e. The Labute approximate surface area is 125 Å². The molecule has 1 heterocycles. The fourth-order valence-corrected chi connectivity index (χ4v) is 2.39. The first-order valence-corrected chi connectivity index (χ1v) is 7.34. The van der Waals surface area contributed by atoms with Gasteiger partial charge in [-0.3, -0.25) is 0 Å². The minimum atomic E-state index is -0.497. The molecule has 1 atom stereocenters. The lowest BCUT2D eigenvalue weighted by molar-refractivity contribution is 0.0206. The Balaban J connectivity index is 1.95. The van der Waals surface area contributed by atoms with Crippen LogP contribution in [0.5, 0.6) is 0 Å². The van der Waals surface area contributed by atoms with E-state index in [1.54, 1.807) is 23.1 Å². The van der Waals surface area contributed by atoms with E-state index in [0.717, 1.165) is 12.8 Å². The number of amides is 1. The van der Waals surface area contributed by atoms with Crippen molar-refractivity contribution in [2.45, 2.75) is 45.3 Å². The molecule has 1 aliphatic rings. The van der Waals surface area contributed by atoms with Crippen LogP contribution in [-0.2, 0) is 4.74 Å². The predicted octanol–water partition coefficient (Wildman–Crippen LogP) is 3.64. The van der Waals surface area contributed by atoms with Gasteiger partial charge in [-0.05, 0) is 45.7 Å². The van der Waals surface area contributed by atoms with Crippen molar-refractivity contribution in [1.82, 2.24) is 4.90 Å². The Bertz CT molecular complexity index is 499. The maximum absolute atomic E-state index is 13.7. The topological polar surface area (TPSA) is 41.6 Å². The second-order valence-electron chi connectivity index (χ2n) is 6.39. The second-order valence-corrected chi connectivity index (χ2v) is 6.39. The number of para-hydroxylation sites is 1. The Hall–Kier alpha value is -1.78. The molecule has 0 saturated carbocycles. The molecule has 1 amide bonds. The van der Waals surface area contributed by atoms with Crippen LogP contribution in [0.25, 0.3) is 0 Å². The van der Waals surface area contributed by atoms with Crippen LogP contribution in [0.2, 0.25) is 0 Å². The van der Waals surface area contributed by atoms with Crippen LogP contribution in [0, 0.1) is 5.82 Å². The molecule has 1 fully saturated rings. The van der Waals surface area contributed by atoms with Crippen molar-refractivity contribution in [3.05, 3.63) is 30.1 Å². The Morgan fingerprint density at radius 1 is 1.38 bits per heavy atom. The molecule has 1 N–H and O–H groups in total. The molecule has 0 radical (unpaired) electrons. The van der Waals surface area contributed by atoms with Crippen molar-refractivity contribution < 1.29 is 13.9 Å². The van der Waals surface area contributed by atoms with Gasteiger partial charge >= 0.3 is 6.09 Å². The van der Waals surface area contributed by atoms with Gasteiger partial charge in [-0.1, -0.05) is 12.1 Å². The largest absolute Gasteiger partial charge is 0.444 e. The van der Waals surface area contributed by atoms with E-state index in [4.69, 9.17) is 4.74 Å². The number of halogens is 1. The van der Waals surface area contributed by atoms with Crippen molar-refractivity contribution >= 4 is 11.8 Å². The lowest BCUT2D eigenvalue weighted by atomic mass is 10.1. The Kier molecular flexibility index (Phi) is 4.70. The van der Waals surface area contributed by atoms with Crippen molar-refractivity contribution in [3.63, 3.8) is 0 Å². The smallest absolute Gasteiger partial charge is 0.410 e. The van der Waals surface area contributed by atoms with E-state index in [1.165, 1.54) is 6.07 Å². The van der Waals surface area contributed by atoms with E-state index >= 15 is 0 Å². The van der Waals surface area contributed by atoms with Crippen LogP contribution in [0.1, 0.15) is 33.6 Å².